The second-order valence-electron chi connectivity index (χ2n) is 10.1. The van der Waals surface area contributed by atoms with Crippen LogP contribution in [0.5, 0.6) is 0 Å². The first-order valence-corrected chi connectivity index (χ1v) is 11.1. The van der Waals surface area contributed by atoms with Gasteiger partial charge in [0.15, 0.2) is 0 Å². The zero-order valence-electron chi connectivity index (χ0n) is 16.9. The van der Waals surface area contributed by atoms with Crippen LogP contribution in [-0.2, 0) is 11.3 Å². The van der Waals surface area contributed by atoms with E-state index in [1.807, 2.05) is 17.1 Å². The van der Waals surface area contributed by atoms with Crippen LogP contribution in [0.25, 0.3) is 0 Å². The molecule has 2 aromatic rings. The van der Waals surface area contributed by atoms with Crippen molar-refractivity contribution < 1.29 is 4.79 Å². The monoisotopic (exact) mass is 392 g/mol. The van der Waals surface area contributed by atoms with E-state index in [0.717, 1.165) is 61.4 Å². The van der Waals surface area contributed by atoms with Crippen molar-refractivity contribution in [3.8, 4) is 0 Å². The number of anilines is 1. The van der Waals surface area contributed by atoms with E-state index in [4.69, 9.17) is 4.98 Å². The van der Waals surface area contributed by atoms with Crippen molar-refractivity contribution >= 4 is 11.9 Å². The Morgan fingerprint density at radius 1 is 1.07 bits per heavy atom. The van der Waals surface area contributed by atoms with Gasteiger partial charge in [0, 0.05) is 24.2 Å². The minimum Gasteiger partial charge on any atom is -0.293 e. The van der Waals surface area contributed by atoms with Crippen LogP contribution in [0.2, 0.25) is 0 Å². The highest BCUT2D eigenvalue weighted by atomic mass is 16.2. The molecule has 0 aromatic carbocycles. The van der Waals surface area contributed by atoms with Gasteiger partial charge in [0.2, 0.25) is 11.9 Å². The average Bonchev–Trinajstić information content (AvgIpc) is 3.11. The standard InChI is InChI=1S/C22H28N6O/c1-13-2-17(18-9-23-12-24-10-18)11-28-19(13)25-21(27-28)26-20(29)22-6-14-3-15(7-22)5-16(4-14)8-22/h9-10,12-17H,2-8,11H2,1H3,(H,26,27,29). The van der Waals surface area contributed by atoms with Gasteiger partial charge in [-0.25, -0.2) is 14.6 Å². The Hall–Kier alpha value is -2.31. The average molecular weight is 393 g/mol. The number of carbonyl (C=O) groups excluding carboxylic acids is 1. The number of rotatable bonds is 3. The molecule has 2 unspecified atom stereocenters. The predicted octanol–water partition coefficient (Wildman–Crippen LogP) is 3.51. The van der Waals surface area contributed by atoms with Crippen molar-refractivity contribution in [2.75, 3.05) is 5.32 Å². The third kappa shape index (κ3) is 2.89. The van der Waals surface area contributed by atoms with Crippen LogP contribution in [0.15, 0.2) is 18.7 Å². The molecule has 7 heteroatoms. The zero-order chi connectivity index (χ0) is 19.6. The third-order valence-corrected chi connectivity index (χ3v) is 7.97. The smallest absolute Gasteiger partial charge is 0.249 e. The lowest BCUT2D eigenvalue weighted by molar-refractivity contribution is -0.140. The van der Waals surface area contributed by atoms with Gasteiger partial charge in [0.25, 0.3) is 0 Å². The second-order valence-corrected chi connectivity index (χ2v) is 10.1. The summed E-state index contributed by atoms with van der Waals surface area (Å²) in [6.07, 6.45) is 13.5. The van der Waals surface area contributed by atoms with Crippen molar-refractivity contribution in [1.29, 1.82) is 0 Å². The summed E-state index contributed by atoms with van der Waals surface area (Å²) in [5.74, 6) is 4.49. The normalized spacial score (nSPS) is 37.3. The zero-order valence-corrected chi connectivity index (χ0v) is 16.9. The fraction of sp³-hybridized carbons (Fsp3) is 0.682. The number of hydrogen-bond donors (Lipinski definition) is 1. The molecule has 7 nitrogen and oxygen atoms in total. The first kappa shape index (κ1) is 17.5. The van der Waals surface area contributed by atoms with Gasteiger partial charge in [0.05, 0.1) is 12.0 Å². The fourth-order valence-corrected chi connectivity index (χ4v) is 7.11. The van der Waals surface area contributed by atoms with E-state index in [0.29, 0.717) is 11.9 Å². The molecular formula is C22H28N6O. The lowest BCUT2D eigenvalue weighted by atomic mass is 9.49. The number of nitrogens with one attached hydrogen (secondary N) is 1. The number of aromatic nitrogens is 5. The summed E-state index contributed by atoms with van der Waals surface area (Å²) in [5.41, 5.74) is 0.968. The highest BCUT2D eigenvalue weighted by Gasteiger charge is 2.54. The lowest BCUT2D eigenvalue weighted by Crippen LogP contribution is -2.51. The number of amides is 1. The molecule has 0 saturated heterocycles. The van der Waals surface area contributed by atoms with Gasteiger partial charge >= 0.3 is 0 Å². The summed E-state index contributed by atoms with van der Waals surface area (Å²) in [7, 11) is 0. The molecule has 1 N–H and O–H groups in total. The fourth-order valence-electron chi connectivity index (χ4n) is 7.11. The van der Waals surface area contributed by atoms with Crippen LogP contribution in [0.4, 0.5) is 5.95 Å². The highest BCUT2D eigenvalue weighted by molar-refractivity contribution is 5.94. The Morgan fingerprint density at radius 2 is 1.72 bits per heavy atom. The van der Waals surface area contributed by atoms with E-state index in [9.17, 15) is 4.79 Å². The van der Waals surface area contributed by atoms with Crippen molar-refractivity contribution in [2.45, 2.75) is 70.3 Å². The summed E-state index contributed by atoms with van der Waals surface area (Å²) in [5, 5.41) is 7.80. The molecule has 5 aliphatic rings. The van der Waals surface area contributed by atoms with Crippen LogP contribution in [0, 0.1) is 23.2 Å². The Balaban J connectivity index is 1.22. The van der Waals surface area contributed by atoms with E-state index < -0.39 is 0 Å². The molecule has 4 bridgehead atoms. The largest absolute Gasteiger partial charge is 0.293 e. The maximum absolute atomic E-state index is 13.3. The molecule has 1 amide bonds. The molecule has 4 saturated carbocycles. The summed E-state index contributed by atoms with van der Waals surface area (Å²) < 4.78 is 1.97. The van der Waals surface area contributed by atoms with Crippen molar-refractivity contribution in [3.63, 3.8) is 0 Å². The lowest BCUT2D eigenvalue weighted by Gasteiger charge is -2.55. The van der Waals surface area contributed by atoms with Gasteiger partial charge in [-0.2, -0.15) is 4.98 Å². The molecular weight excluding hydrogens is 364 g/mol. The van der Waals surface area contributed by atoms with Gasteiger partial charge < -0.3 is 0 Å². The molecule has 4 aliphatic carbocycles. The molecule has 29 heavy (non-hydrogen) atoms. The summed E-state index contributed by atoms with van der Waals surface area (Å²) >= 11 is 0. The molecule has 4 fully saturated rings. The van der Waals surface area contributed by atoms with Crippen LogP contribution >= 0.6 is 0 Å². The maximum atomic E-state index is 13.3. The van der Waals surface area contributed by atoms with Crippen LogP contribution in [0.3, 0.4) is 0 Å². The molecule has 0 radical (unpaired) electrons. The molecule has 1 aliphatic heterocycles. The number of nitrogens with zero attached hydrogens (tertiary/aromatic N) is 5. The highest BCUT2D eigenvalue weighted by Crippen LogP contribution is 2.60. The summed E-state index contributed by atoms with van der Waals surface area (Å²) in [4.78, 5) is 26.4. The first-order valence-electron chi connectivity index (χ1n) is 11.1. The SMILES string of the molecule is CC1CC(c2cncnc2)Cn2nc(NC(=O)C34CC5CC(CC(C5)C3)C4)nc21. The summed E-state index contributed by atoms with van der Waals surface area (Å²) in [6, 6.07) is 0. The summed E-state index contributed by atoms with van der Waals surface area (Å²) in [6.45, 7) is 2.94. The Morgan fingerprint density at radius 3 is 2.38 bits per heavy atom. The predicted molar refractivity (Wildman–Crippen MR) is 107 cm³/mol. The van der Waals surface area contributed by atoms with Crippen molar-refractivity contribution in [1.82, 2.24) is 24.7 Å². The van der Waals surface area contributed by atoms with Crippen LogP contribution < -0.4 is 5.32 Å². The topological polar surface area (TPSA) is 85.6 Å². The molecule has 152 valence electrons. The Bertz CT molecular complexity index is 903. The van der Waals surface area contributed by atoms with E-state index >= 15 is 0 Å². The van der Waals surface area contributed by atoms with Crippen LogP contribution in [0.1, 0.15) is 75.1 Å². The quantitative estimate of drug-likeness (QED) is 0.864. The minimum absolute atomic E-state index is 0.167. The van der Waals surface area contributed by atoms with Crippen LogP contribution in [-0.4, -0.2) is 30.6 Å². The minimum atomic E-state index is -0.171. The second kappa shape index (κ2) is 6.34. The third-order valence-electron chi connectivity index (χ3n) is 7.97. The Kier molecular flexibility index (Phi) is 3.84. The number of carbonyl (C=O) groups is 1. The van der Waals surface area contributed by atoms with E-state index in [1.165, 1.54) is 19.3 Å². The van der Waals surface area contributed by atoms with Gasteiger partial charge in [-0.15, -0.1) is 5.10 Å². The molecule has 2 aromatic heterocycles. The van der Waals surface area contributed by atoms with Gasteiger partial charge in [-0.3, -0.25) is 10.1 Å². The van der Waals surface area contributed by atoms with Crippen molar-refractivity contribution in [2.24, 2.45) is 23.2 Å². The molecule has 2 atom stereocenters. The number of fused-ring (bicyclic) bond motifs is 1. The van der Waals surface area contributed by atoms with E-state index in [-0.39, 0.29) is 17.2 Å². The Labute approximate surface area is 170 Å². The molecule has 0 spiro atoms. The number of hydrogen-bond acceptors (Lipinski definition) is 5. The van der Waals surface area contributed by atoms with Gasteiger partial charge in [-0.1, -0.05) is 6.92 Å². The first-order chi connectivity index (χ1) is 14.1. The van der Waals surface area contributed by atoms with E-state index in [2.05, 4.69) is 27.3 Å². The van der Waals surface area contributed by atoms with Gasteiger partial charge in [0.1, 0.15) is 12.2 Å². The van der Waals surface area contributed by atoms with Gasteiger partial charge in [-0.05, 0) is 68.3 Å². The van der Waals surface area contributed by atoms with Crippen molar-refractivity contribution in [3.05, 3.63) is 30.1 Å². The maximum Gasteiger partial charge on any atom is 0.249 e. The molecule has 7 rings (SSSR count). The van der Waals surface area contributed by atoms with E-state index in [1.54, 1.807) is 6.33 Å². The molecule has 3 heterocycles.